The number of rotatable bonds is 3. The predicted octanol–water partition coefficient (Wildman–Crippen LogP) is 0.309. The lowest BCUT2D eigenvalue weighted by atomic mass is 10.1. The molecular weight excluding hydrogens is 282 g/mol. The summed E-state index contributed by atoms with van der Waals surface area (Å²) in [5.41, 5.74) is 6.50. The number of hydrogen-bond donors (Lipinski definition) is 1. The van der Waals surface area contributed by atoms with Crippen LogP contribution in [0, 0.1) is 6.92 Å². The minimum absolute atomic E-state index is 0.243. The molecule has 3 amide bonds. The van der Waals surface area contributed by atoms with Crippen molar-refractivity contribution < 1.29 is 14.4 Å². The van der Waals surface area contributed by atoms with E-state index in [9.17, 15) is 14.4 Å². The van der Waals surface area contributed by atoms with Gasteiger partial charge in [-0.25, -0.2) is 0 Å². The maximum Gasteiger partial charge on any atom is 0.316 e. The van der Waals surface area contributed by atoms with E-state index in [0.717, 1.165) is 10.5 Å². The first-order valence-corrected chi connectivity index (χ1v) is 6.43. The van der Waals surface area contributed by atoms with E-state index in [1.165, 1.54) is 4.90 Å². The summed E-state index contributed by atoms with van der Waals surface area (Å²) in [7, 11) is 0. The van der Waals surface area contributed by atoms with Crippen molar-refractivity contribution in [1.29, 1.82) is 0 Å². The van der Waals surface area contributed by atoms with Gasteiger partial charge in [0.15, 0.2) is 0 Å². The fourth-order valence-electron chi connectivity index (χ4n) is 2.12. The van der Waals surface area contributed by atoms with Crippen molar-refractivity contribution >= 4 is 35.0 Å². The van der Waals surface area contributed by atoms with Gasteiger partial charge in [0, 0.05) is 23.8 Å². The Balaban J connectivity index is 2.25. The van der Waals surface area contributed by atoms with Crippen LogP contribution in [0.25, 0.3) is 0 Å². The molecule has 2 N–H and O–H groups in total. The van der Waals surface area contributed by atoms with Gasteiger partial charge in [0.25, 0.3) is 0 Å². The number of anilines is 1. The Labute approximate surface area is 121 Å². The Morgan fingerprint density at radius 2 is 2.00 bits per heavy atom. The normalized spacial score (nSPS) is 15.7. The topological polar surface area (TPSA) is 83.7 Å². The van der Waals surface area contributed by atoms with Gasteiger partial charge < -0.3 is 15.5 Å². The monoisotopic (exact) mass is 295 g/mol. The molecule has 1 aromatic rings. The smallest absolute Gasteiger partial charge is 0.316 e. The molecule has 0 atom stereocenters. The number of hydrogen-bond acceptors (Lipinski definition) is 3. The van der Waals surface area contributed by atoms with Crippen LogP contribution in [0.1, 0.15) is 5.56 Å². The molecule has 20 heavy (non-hydrogen) atoms. The Morgan fingerprint density at radius 1 is 1.30 bits per heavy atom. The molecule has 0 bridgehead atoms. The molecule has 0 aromatic heterocycles. The maximum atomic E-state index is 12.1. The first-order valence-electron chi connectivity index (χ1n) is 6.05. The molecular formula is C13H14ClN3O3. The molecule has 1 saturated heterocycles. The van der Waals surface area contributed by atoms with Gasteiger partial charge in [0.05, 0.1) is 6.54 Å². The summed E-state index contributed by atoms with van der Waals surface area (Å²) >= 11 is 5.92. The molecule has 106 valence electrons. The zero-order chi connectivity index (χ0) is 14.9. The molecule has 1 heterocycles. The third-order valence-corrected chi connectivity index (χ3v) is 3.35. The number of nitrogens with zero attached hydrogens (tertiary/aromatic N) is 2. The van der Waals surface area contributed by atoms with Gasteiger partial charge in [0.1, 0.15) is 0 Å². The summed E-state index contributed by atoms with van der Waals surface area (Å²) in [6, 6.07) is 5.15. The molecule has 0 unspecified atom stereocenters. The van der Waals surface area contributed by atoms with Gasteiger partial charge in [-0.2, -0.15) is 0 Å². The Bertz CT molecular complexity index is 588. The Hall–Kier alpha value is -2.08. The zero-order valence-electron chi connectivity index (χ0n) is 10.9. The van der Waals surface area contributed by atoms with Crippen molar-refractivity contribution in [3.8, 4) is 0 Å². The van der Waals surface area contributed by atoms with Crippen LogP contribution in [0.5, 0.6) is 0 Å². The number of aryl methyl sites for hydroxylation is 1. The Morgan fingerprint density at radius 3 is 2.65 bits per heavy atom. The van der Waals surface area contributed by atoms with Crippen LogP contribution in [0.3, 0.4) is 0 Å². The fraction of sp³-hybridized carbons (Fsp3) is 0.308. The fourth-order valence-corrected chi connectivity index (χ4v) is 2.28. The van der Waals surface area contributed by atoms with Crippen LogP contribution >= 0.6 is 11.6 Å². The van der Waals surface area contributed by atoms with Crippen molar-refractivity contribution in [3.05, 3.63) is 28.8 Å². The largest absolute Gasteiger partial charge is 0.368 e. The highest BCUT2D eigenvalue weighted by molar-refractivity contribution is 6.41. The summed E-state index contributed by atoms with van der Waals surface area (Å²) in [6.07, 6.45) is 0. The van der Waals surface area contributed by atoms with Gasteiger partial charge in [-0.3, -0.25) is 14.4 Å². The van der Waals surface area contributed by atoms with Gasteiger partial charge >= 0.3 is 11.8 Å². The lowest BCUT2D eigenvalue weighted by molar-refractivity contribution is -0.147. The van der Waals surface area contributed by atoms with Crippen LogP contribution in [-0.4, -0.2) is 42.3 Å². The van der Waals surface area contributed by atoms with E-state index >= 15 is 0 Å². The van der Waals surface area contributed by atoms with E-state index in [4.69, 9.17) is 17.3 Å². The molecule has 0 saturated carbocycles. The molecule has 1 aromatic carbocycles. The third kappa shape index (κ3) is 2.75. The van der Waals surface area contributed by atoms with E-state index in [2.05, 4.69) is 0 Å². The van der Waals surface area contributed by atoms with Crippen molar-refractivity contribution in [2.75, 3.05) is 24.5 Å². The van der Waals surface area contributed by atoms with Crippen LogP contribution in [-0.2, 0) is 14.4 Å². The number of carbonyl (C=O) groups excluding carboxylic acids is 3. The van der Waals surface area contributed by atoms with Gasteiger partial charge in [-0.15, -0.1) is 0 Å². The van der Waals surface area contributed by atoms with Crippen LogP contribution in [0.2, 0.25) is 5.02 Å². The molecule has 1 aliphatic rings. The number of halogens is 1. The molecule has 1 aliphatic heterocycles. The molecule has 7 heteroatoms. The number of piperazine rings is 1. The van der Waals surface area contributed by atoms with E-state index in [0.29, 0.717) is 17.3 Å². The van der Waals surface area contributed by atoms with Gasteiger partial charge in [0.2, 0.25) is 5.91 Å². The van der Waals surface area contributed by atoms with Gasteiger partial charge in [-0.05, 0) is 24.6 Å². The second kappa shape index (κ2) is 5.50. The van der Waals surface area contributed by atoms with Crippen LogP contribution in [0.15, 0.2) is 18.2 Å². The molecule has 0 aliphatic carbocycles. The Kier molecular flexibility index (Phi) is 3.94. The van der Waals surface area contributed by atoms with E-state index in [-0.39, 0.29) is 13.1 Å². The summed E-state index contributed by atoms with van der Waals surface area (Å²) in [4.78, 5) is 37.4. The quantitative estimate of drug-likeness (QED) is 0.815. The summed E-state index contributed by atoms with van der Waals surface area (Å²) in [5.74, 6) is -2.05. The maximum absolute atomic E-state index is 12.1. The van der Waals surface area contributed by atoms with E-state index in [1.54, 1.807) is 18.2 Å². The van der Waals surface area contributed by atoms with E-state index in [1.807, 2.05) is 6.92 Å². The molecule has 2 rings (SSSR count). The molecule has 0 spiro atoms. The summed E-state index contributed by atoms with van der Waals surface area (Å²) in [5, 5.41) is 0.491. The highest BCUT2D eigenvalue weighted by atomic mass is 35.5. The minimum atomic E-state index is -0.727. The standard InChI is InChI=1S/C13H14ClN3O3/c1-8-2-3-9(14)6-10(8)17-5-4-16(7-11(15)18)12(19)13(17)20/h2-3,6H,4-5,7H2,1H3,(H2,15,18). The minimum Gasteiger partial charge on any atom is -0.368 e. The van der Waals surface area contributed by atoms with Crippen LogP contribution < -0.4 is 10.6 Å². The molecule has 0 radical (unpaired) electrons. The summed E-state index contributed by atoms with van der Waals surface area (Å²) < 4.78 is 0. The van der Waals surface area contributed by atoms with Crippen molar-refractivity contribution in [2.24, 2.45) is 5.73 Å². The van der Waals surface area contributed by atoms with Crippen molar-refractivity contribution in [3.63, 3.8) is 0 Å². The molecule has 6 nitrogen and oxygen atoms in total. The first kappa shape index (κ1) is 14.3. The number of benzene rings is 1. The highest BCUT2D eigenvalue weighted by Crippen LogP contribution is 2.26. The predicted molar refractivity (Wildman–Crippen MR) is 74.3 cm³/mol. The van der Waals surface area contributed by atoms with Crippen molar-refractivity contribution in [1.82, 2.24) is 4.90 Å². The van der Waals surface area contributed by atoms with Crippen molar-refractivity contribution in [2.45, 2.75) is 6.92 Å². The average molecular weight is 296 g/mol. The highest BCUT2D eigenvalue weighted by Gasteiger charge is 2.34. The second-order valence-electron chi connectivity index (χ2n) is 4.58. The lowest BCUT2D eigenvalue weighted by Gasteiger charge is -2.33. The number of carbonyl (C=O) groups is 3. The average Bonchev–Trinajstić information content (AvgIpc) is 2.38. The second-order valence-corrected chi connectivity index (χ2v) is 5.02. The zero-order valence-corrected chi connectivity index (χ0v) is 11.7. The SMILES string of the molecule is Cc1ccc(Cl)cc1N1CCN(CC(N)=O)C(=O)C1=O. The number of primary amides is 1. The van der Waals surface area contributed by atoms with Crippen LogP contribution in [0.4, 0.5) is 5.69 Å². The molecule has 1 fully saturated rings. The van der Waals surface area contributed by atoms with Gasteiger partial charge in [-0.1, -0.05) is 17.7 Å². The number of nitrogens with two attached hydrogens (primary N) is 1. The lowest BCUT2D eigenvalue weighted by Crippen LogP contribution is -2.56. The third-order valence-electron chi connectivity index (χ3n) is 3.12. The van der Waals surface area contributed by atoms with E-state index < -0.39 is 17.7 Å². The first-order chi connectivity index (χ1) is 9.40. The number of amides is 3. The summed E-state index contributed by atoms with van der Waals surface area (Å²) in [6.45, 7) is 2.16.